The maximum Gasteiger partial charge on any atom is 0.276 e. The van der Waals surface area contributed by atoms with Crippen LogP contribution in [0.15, 0.2) is 42.5 Å². The Morgan fingerprint density at radius 2 is 2.00 bits per heavy atom. The number of carbonyl (C=O) groups is 1. The third kappa shape index (κ3) is 3.68. The number of methoxy groups -OCH3 is 1. The number of ether oxygens (including phenoxy) is 3. The maximum absolute atomic E-state index is 13.3. The molecule has 8 heteroatoms. The van der Waals surface area contributed by atoms with Gasteiger partial charge in [-0.3, -0.25) is 4.79 Å². The first-order chi connectivity index (χ1) is 14.6. The lowest BCUT2D eigenvalue weighted by molar-refractivity contribution is 0.0742. The Labute approximate surface area is 175 Å². The average molecular weight is 408 g/mol. The number of amides is 1. The monoisotopic (exact) mass is 408 g/mol. The second-order valence-electron chi connectivity index (χ2n) is 6.90. The molecule has 4 rings (SSSR count). The van der Waals surface area contributed by atoms with E-state index in [1.807, 2.05) is 56.3 Å². The second kappa shape index (κ2) is 8.44. The first-order valence-corrected chi connectivity index (χ1v) is 9.86. The van der Waals surface area contributed by atoms with Gasteiger partial charge in [-0.2, -0.15) is 0 Å². The van der Waals surface area contributed by atoms with Crippen molar-refractivity contribution in [3.63, 3.8) is 0 Å². The van der Waals surface area contributed by atoms with Crippen molar-refractivity contribution in [1.82, 2.24) is 19.9 Å². The van der Waals surface area contributed by atoms with Gasteiger partial charge in [0.2, 0.25) is 0 Å². The van der Waals surface area contributed by atoms with Crippen LogP contribution < -0.4 is 14.2 Å². The van der Waals surface area contributed by atoms with Gasteiger partial charge in [0.25, 0.3) is 5.91 Å². The quantitative estimate of drug-likeness (QED) is 0.624. The molecule has 1 aliphatic rings. The Morgan fingerprint density at radius 3 is 2.80 bits per heavy atom. The van der Waals surface area contributed by atoms with E-state index in [1.54, 1.807) is 16.7 Å². The molecule has 30 heavy (non-hydrogen) atoms. The number of para-hydroxylation sites is 1. The minimum Gasteiger partial charge on any atom is -0.497 e. The zero-order valence-corrected chi connectivity index (χ0v) is 17.3. The van der Waals surface area contributed by atoms with Crippen LogP contribution >= 0.6 is 0 Å². The van der Waals surface area contributed by atoms with Crippen molar-refractivity contribution >= 4 is 5.91 Å². The molecule has 8 nitrogen and oxygen atoms in total. The zero-order valence-electron chi connectivity index (χ0n) is 17.3. The van der Waals surface area contributed by atoms with Crippen LogP contribution in [-0.2, 0) is 6.54 Å². The molecule has 0 spiro atoms. The molecule has 0 saturated heterocycles. The summed E-state index contributed by atoms with van der Waals surface area (Å²) in [6.45, 7) is 5.72. The van der Waals surface area contributed by atoms with Gasteiger partial charge in [0, 0.05) is 24.7 Å². The Balaban J connectivity index is 1.60. The van der Waals surface area contributed by atoms with Gasteiger partial charge in [-0.25, -0.2) is 4.68 Å². The predicted molar refractivity (Wildman–Crippen MR) is 110 cm³/mol. The zero-order chi connectivity index (χ0) is 21.1. The Bertz CT molecular complexity index is 1060. The smallest absolute Gasteiger partial charge is 0.276 e. The second-order valence-corrected chi connectivity index (χ2v) is 6.90. The predicted octanol–water partition coefficient (Wildman–Crippen LogP) is 3.02. The highest BCUT2D eigenvalue weighted by atomic mass is 16.6. The molecule has 0 fully saturated rings. The fourth-order valence-corrected chi connectivity index (χ4v) is 3.46. The largest absolute Gasteiger partial charge is 0.497 e. The van der Waals surface area contributed by atoms with Crippen molar-refractivity contribution in [2.75, 3.05) is 26.9 Å². The van der Waals surface area contributed by atoms with Gasteiger partial charge in [-0.05, 0) is 32.0 Å². The van der Waals surface area contributed by atoms with Crippen LogP contribution in [-0.4, -0.2) is 52.7 Å². The van der Waals surface area contributed by atoms with Crippen molar-refractivity contribution in [2.45, 2.75) is 20.4 Å². The molecular weight excluding hydrogens is 384 g/mol. The molecule has 0 aliphatic carbocycles. The first-order valence-electron chi connectivity index (χ1n) is 9.86. The van der Waals surface area contributed by atoms with Crippen LogP contribution in [0.3, 0.4) is 0 Å². The normalized spacial score (nSPS) is 12.5. The highest BCUT2D eigenvalue weighted by Gasteiger charge is 2.24. The molecule has 0 N–H and O–H groups in total. The number of fused-ring (bicyclic) bond motifs is 1. The molecule has 0 atom stereocenters. The highest BCUT2D eigenvalue weighted by molar-refractivity contribution is 5.93. The van der Waals surface area contributed by atoms with E-state index in [4.69, 9.17) is 14.2 Å². The fourth-order valence-electron chi connectivity index (χ4n) is 3.46. The summed E-state index contributed by atoms with van der Waals surface area (Å²) in [6.07, 6.45) is 0. The third-order valence-corrected chi connectivity index (χ3v) is 5.07. The number of carbonyl (C=O) groups excluding carboxylic acids is 1. The molecule has 2 aromatic carbocycles. The summed E-state index contributed by atoms with van der Waals surface area (Å²) < 4.78 is 18.4. The van der Waals surface area contributed by atoms with E-state index in [1.165, 1.54) is 0 Å². The summed E-state index contributed by atoms with van der Waals surface area (Å²) in [5, 5.41) is 8.37. The number of hydrogen-bond acceptors (Lipinski definition) is 6. The SMILES string of the molecule is CCN(Cc1cccc2c1OCCO2)C(=O)c1nnn(-c2cccc(OC)c2)c1C. The maximum atomic E-state index is 13.3. The van der Waals surface area contributed by atoms with E-state index in [0.717, 1.165) is 11.3 Å². The summed E-state index contributed by atoms with van der Waals surface area (Å²) in [5.41, 5.74) is 2.67. The van der Waals surface area contributed by atoms with E-state index in [2.05, 4.69) is 10.3 Å². The fraction of sp³-hybridized carbons (Fsp3) is 0.318. The van der Waals surface area contributed by atoms with E-state index in [9.17, 15) is 4.79 Å². The Kier molecular flexibility index (Phi) is 5.56. The first kappa shape index (κ1) is 19.8. The van der Waals surface area contributed by atoms with Gasteiger partial charge in [0.15, 0.2) is 17.2 Å². The van der Waals surface area contributed by atoms with Crippen LogP contribution in [0.2, 0.25) is 0 Å². The van der Waals surface area contributed by atoms with Crippen LogP contribution in [0.5, 0.6) is 17.2 Å². The van der Waals surface area contributed by atoms with E-state index >= 15 is 0 Å². The molecule has 0 bridgehead atoms. The number of hydrogen-bond donors (Lipinski definition) is 0. The molecule has 3 aromatic rings. The molecule has 0 radical (unpaired) electrons. The number of nitrogens with zero attached hydrogens (tertiary/aromatic N) is 4. The van der Waals surface area contributed by atoms with Crippen molar-refractivity contribution < 1.29 is 19.0 Å². The summed E-state index contributed by atoms with van der Waals surface area (Å²) >= 11 is 0. The average Bonchev–Trinajstić information content (AvgIpc) is 3.18. The van der Waals surface area contributed by atoms with Gasteiger partial charge >= 0.3 is 0 Å². The van der Waals surface area contributed by atoms with E-state index in [-0.39, 0.29) is 5.91 Å². The van der Waals surface area contributed by atoms with Crippen LogP contribution in [0, 0.1) is 6.92 Å². The van der Waals surface area contributed by atoms with Crippen LogP contribution in [0.1, 0.15) is 28.7 Å². The summed E-state index contributed by atoms with van der Waals surface area (Å²) in [6, 6.07) is 13.2. The minimum atomic E-state index is -0.182. The standard InChI is InChI=1S/C22H24N4O4/c1-4-25(14-16-7-5-10-19-21(16)30-12-11-29-19)22(27)20-15(2)26(24-23-20)17-8-6-9-18(13-17)28-3/h5-10,13H,4,11-12,14H2,1-3H3. The Morgan fingerprint density at radius 1 is 1.20 bits per heavy atom. The Hall–Kier alpha value is -3.55. The van der Waals surface area contributed by atoms with Crippen molar-refractivity contribution in [3.8, 4) is 22.9 Å². The number of benzene rings is 2. The lowest BCUT2D eigenvalue weighted by atomic mass is 10.1. The summed E-state index contributed by atoms with van der Waals surface area (Å²) in [5.74, 6) is 1.94. The van der Waals surface area contributed by atoms with E-state index < -0.39 is 0 Å². The van der Waals surface area contributed by atoms with E-state index in [0.29, 0.717) is 54.9 Å². The lowest BCUT2D eigenvalue weighted by Gasteiger charge is -2.25. The molecule has 0 saturated carbocycles. The lowest BCUT2D eigenvalue weighted by Crippen LogP contribution is -2.31. The minimum absolute atomic E-state index is 0.182. The molecule has 1 aromatic heterocycles. The van der Waals surface area contributed by atoms with Crippen LogP contribution in [0.4, 0.5) is 0 Å². The molecule has 0 unspecified atom stereocenters. The number of aromatic nitrogens is 3. The van der Waals surface area contributed by atoms with Gasteiger partial charge in [0.1, 0.15) is 19.0 Å². The van der Waals surface area contributed by atoms with Gasteiger partial charge in [-0.15, -0.1) is 5.10 Å². The topological polar surface area (TPSA) is 78.7 Å². The van der Waals surface area contributed by atoms with Gasteiger partial charge < -0.3 is 19.1 Å². The molecule has 1 amide bonds. The molecule has 156 valence electrons. The summed E-state index contributed by atoms with van der Waals surface area (Å²) in [7, 11) is 1.61. The van der Waals surface area contributed by atoms with Gasteiger partial charge in [-0.1, -0.05) is 23.4 Å². The third-order valence-electron chi connectivity index (χ3n) is 5.07. The molecule has 2 heterocycles. The van der Waals surface area contributed by atoms with Crippen molar-refractivity contribution in [1.29, 1.82) is 0 Å². The molecular formula is C22H24N4O4. The van der Waals surface area contributed by atoms with Crippen LogP contribution in [0.25, 0.3) is 5.69 Å². The van der Waals surface area contributed by atoms with Crippen molar-refractivity contribution in [2.24, 2.45) is 0 Å². The van der Waals surface area contributed by atoms with Crippen molar-refractivity contribution in [3.05, 3.63) is 59.4 Å². The highest BCUT2D eigenvalue weighted by Crippen LogP contribution is 2.34. The summed E-state index contributed by atoms with van der Waals surface area (Å²) in [4.78, 5) is 15.0. The van der Waals surface area contributed by atoms with Gasteiger partial charge in [0.05, 0.1) is 18.5 Å². The molecule has 1 aliphatic heterocycles. The number of rotatable bonds is 6.